The van der Waals surface area contributed by atoms with Crippen LogP contribution in [0, 0.1) is 5.92 Å². The van der Waals surface area contributed by atoms with Crippen LogP contribution < -0.4 is 0 Å². The lowest BCUT2D eigenvalue weighted by Crippen LogP contribution is -2.40. The second-order valence-corrected chi connectivity index (χ2v) is 6.92. The number of carbonyl (C=O) groups is 1. The Balaban J connectivity index is 1.34. The van der Waals surface area contributed by atoms with Crippen LogP contribution in [0.4, 0.5) is 0 Å². The zero-order valence-electron chi connectivity index (χ0n) is 14.8. The van der Waals surface area contributed by atoms with Gasteiger partial charge in [0.15, 0.2) is 0 Å². The number of aryl methyl sites for hydroxylation is 1. The molecule has 134 valence electrons. The number of hydrogen-bond donors (Lipinski definition) is 0. The van der Waals surface area contributed by atoms with Gasteiger partial charge in [-0.2, -0.15) is 0 Å². The number of para-hydroxylation sites is 1. The van der Waals surface area contributed by atoms with Gasteiger partial charge in [-0.3, -0.25) is 9.78 Å². The Morgan fingerprint density at radius 3 is 2.92 bits per heavy atom. The van der Waals surface area contributed by atoms with Crippen molar-refractivity contribution >= 4 is 16.9 Å². The Bertz CT molecular complexity index is 876. The van der Waals surface area contributed by atoms with Gasteiger partial charge in [-0.1, -0.05) is 23.4 Å². The molecular formula is C20H23N5O. The van der Waals surface area contributed by atoms with Gasteiger partial charge in [-0.05, 0) is 49.4 Å². The number of likely N-dealkylation sites (tertiary alicyclic amines) is 1. The lowest BCUT2D eigenvalue weighted by atomic mass is 9.93. The molecule has 1 aliphatic heterocycles. The first-order chi connectivity index (χ1) is 12.8. The molecule has 6 heteroatoms. The number of benzene rings is 1. The molecule has 1 atom stereocenters. The molecule has 0 N–H and O–H groups in total. The molecule has 0 radical (unpaired) electrons. The topological polar surface area (TPSA) is 63.9 Å². The largest absolute Gasteiger partial charge is 0.342 e. The number of amides is 1. The van der Waals surface area contributed by atoms with E-state index in [-0.39, 0.29) is 5.91 Å². The molecule has 6 nitrogen and oxygen atoms in total. The number of fused-ring (bicyclic) bond motifs is 1. The Morgan fingerprint density at radius 1 is 1.15 bits per heavy atom. The molecule has 3 heterocycles. The van der Waals surface area contributed by atoms with Gasteiger partial charge in [-0.15, -0.1) is 5.10 Å². The molecule has 1 unspecified atom stereocenters. The standard InChI is InChI=1S/C20H23N5O/c26-20(10-13-25-19-9-2-1-8-18(19)22-23-25)24-12-5-6-16(15-24)14-17-7-3-4-11-21-17/h1-4,7-9,11,16H,5-6,10,12-15H2. The molecule has 26 heavy (non-hydrogen) atoms. The van der Waals surface area contributed by atoms with E-state index in [1.165, 1.54) is 0 Å². The third-order valence-electron chi connectivity index (χ3n) is 5.05. The lowest BCUT2D eigenvalue weighted by Gasteiger charge is -2.32. The van der Waals surface area contributed by atoms with E-state index in [2.05, 4.69) is 21.4 Å². The summed E-state index contributed by atoms with van der Waals surface area (Å²) in [6.07, 6.45) is 5.47. The van der Waals surface area contributed by atoms with Crippen LogP contribution in [0.1, 0.15) is 25.0 Å². The van der Waals surface area contributed by atoms with Crippen molar-refractivity contribution in [3.63, 3.8) is 0 Å². The van der Waals surface area contributed by atoms with Gasteiger partial charge in [0.05, 0.1) is 12.1 Å². The summed E-state index contributed by atoms with van der Waals surface area (Å²) in [6.45, 7) is 2.25. The zero-order valence-corrected chi connectivity index (χ0v) is 14.8. The van der Waals surface area contributed by atoms with Crippen molar-refractivity contribution in [3.05, 3.63) is 54.4 Å². The molecule has 1 aromatic carbocycles. The maximum absolute atomic E-state index is 12.7. The highest BCUT2D eigenvalue weighted by molar-refractivity contribution is 5.77. The van der Waals surface area contributed by atoms with Crippen molar-refractivity contribution in [1.82, 2.24) is 24.9 Å². The van der Waals surface area contributed by atoms with E-state index in [0.717, 1.165) is 49.1 Å². The smallest absolute Gasteiger partial charge is 0.224 e. The zero-order chi connectivity index (χ0) is 17.8. The van der Waals surface area contributed by atoms with Gasteiger partial charge in [0.1, 0.15) is 5.52 Å². The molecule has 0 spiro atoms. The summed E-state index contributed by atoms with van der Waals surface area (Å²) in [5.74, 6) is 0.699. The van der Waals surface area contributed by atoms with E-state index in [9.17, 15) is 4.79 Å². The molecule has 2 aromatic heterocycles. The van der Waals surface area contributed by atoms with Gasteiger partial charge in [-0.25, -0.2) is 4.68 Å². The van der Waals surface area contributed by atoms with E-state index in [4.69, 9.17) is 0 Å². The Morgan fingerprint density at radius 2 is 2.04 bits per heavy atom. The SMILES string of the molecule is O=C(CCn1nnc2ccccc21)N1CCCC(Cc2ccccn2)C1. The van der Waals surface area contributed by atoms with Crippen molar-refractivity contribution in [2.45, 2.75) is 32.2 Å². The summed E-state index contributed by atoms with van der Waals surface area (Å²) >= 11 is 0. The van der Waals surface area contributed by atoms with Crippen LogP contribution in [0.3, 0.4) is 0 Å². The summed E-state index contributed by atoms with van der Waals surface area (Å²) in [6, 6.07) is 13.9. The highest BCUT2D eigenvalue weighted by atomic mass is 16.2. The second kappa shape index (κ2) is 7.64. The fourth-order valence-corrected chi connectivity index (χ4v) is 3.72. The van der Waals surface area contributed by atoms with Crippen molar-refractivity contribution in [2.75, 3.05) is 13.1 Å². The average molecular weight is 349 g/mol. The highest BCUT2D eigenvalue weighted by Crippen LogP contribution is 2.21. The molecule has 0 saturated carbocycles. The summed E-state index contributed by atoms with van der Waals surface area (Å²) in [7, 11) is 0. The number of carbonyl (C=O) groups excluding carboxylic acids is 1. The number of pyridine rings is 1. The van der Waals surface area contributed by atoms with Crippen LogP contribution in [-0.4, -0.2) is 43.9 Å². The minimum atomic E-state index is 0.204. The highest BCUT2D eigenvalue weighted by Gasteiger charge is 2.24. The van der Waals surface area contributed by atoms with E-state index in [0.29, 0.717) is 18.9 Å². The monoisotopic (exact) mass is 349 g/mol. The summed E-state index contributed by atoms with van der Waals surface area (Å²) in [4.78, 5) is 19.1. The van der Waals surface area contributed by atoms with Crippen LogP contribution in [-0.2, 0) is 17.8 Å². The average Bonchev–Trinajstić information content (AvgIpc) is 3.10. The normalized spacial score (nSPS) is 17.5. The summed E-state index contributed by atoms with van der Waals surface area (Å²) in [5, 5.41) is 8.32. The van der Waals surface area contributed by atoms with Crippen LogP contribution in [0.15, 0.2) is 48.7 Å². The first kappa shape index (κ1) is 16.7. The van der Waals surface area contributed by atoms with Gasteiger partial charge in [0.2, 0.25) is 5.91 Å². The Hall–Kier alpha value is -2.76. The number of aromatic nitrogens is 4. The van der Waals surface area contributed by atoms with Crippen LogP contribution in [0.5, 0.6) is 0 Å². The minimum Gasteiger partial charge on any atom is -0.342 e. The van der Waals surface area contributed by atoms with Crippen molar-refractivity contribution in [1.29, 1.82) is 0 Å². The molecule has 0 bridgehead atoms. The predicted molar refractivity (Wildman–Crippen MR) is 99.4 cm³/mol. The molecule has 4 rings (SSSR count). The molecule has 1 fully saturated rings. The molecule has 0 aliphatic carbocycles. The van der Waals surface area contributed by atoms with Gasteiger partial charge in [0, 0.05) is 31.4 Å². The first-order valence-corrected chi connectivity index (χ1v) is 9.25. The number of piperidine rings is 1. The molecule has 1 aliphatic rings. The number of nitrogens with zero attached hydrogens (tertiary/aromatic N) is 5. The molecule has 1 saturated heterocycles. The van der Waals surface area contributed by atoms with Crippen molar-refractivity contribution in [2.24, 2.45) is 5.92 Å². The Kier molecular flexibility index (Phi) is 4.91. The van der Waals surface area contributed by atoms with Gasteiger partial charge in [0.25, 0.3) is 0 Å². The maximum Gasteiger partial charge on any atom is 0.224 e. The fourth-order valence-electron chi connectivity index (χ4n) is 3.72. The number of rotatable bonds is 5. The van der Waals surface area contributed by atoms with E-state index in [1.807, 2.05) is 52.2 Å². The Labute approximate surface area is 152 Å². The second-order valence-electron chi connectivity index (χ2n) is 6.92. The lowest BCUT2D eigenvalue weighted by molar-refractivity contribution is -0.133. The first-order valence-electron chi connectivity index (χ1n) is 9.25. The van der Waals surface area contributed by atoms with Crippen LogP contribution >= 0.6 is 0 Å². The summed E-state index contributed by atoms with van der Waals surface area (Å²) < 4.78 is 1.82. The van der Waals surface area contributed by atoms with Gasteiger partial charge < -0.3 is 4.90 Å². The van der Waals surface area contributed by atoms with Crippen molar-refractivity contribution < 1.29 is 4.79 Å². The fraction of sp³-hybridized carbons (Fsp3) is 0.400. The van der Waals surface area contributed by atoms with E-state index in [1.54, 1.807) is 0 Å². The number of hydrogen-bond acceptors (Lipinski definition) is 4. The van der Waals surface area contributed by atoms with E-state index < -0.39 is 0 Å². The predicted octanol–water partition coefficient (Wildman–Crippen LogP) is 2.70. The third kappa shape index (κ3) is 3.74. The molecular weight excluding hydrogens is 326 g/mol. The molecule has 1 amide bonds. The summed E-state index contributed by atoms with van der Waals surface area (Å²) in [5.41, 5.74) is 2.96. The van der Waals surface area contributed by atoms with E-state index >= 15 is 0 Å². The van der Waals surface area contributed by atoms with Crippen LogP contribution in [0.25, 0.3) is 11.0 Å². The maximum atomic E-state index is 12.7. The quantitative estimate of drug-likeness (QED) is 0.710. The third-order valence-corrected chi connectivity index (χ3v) is 5.05. The van der Waals surface area contributed by atoms with Gasteiger partial charge >= 0.3 is 0 Å². The van der Waals surface area contributed by atoms with Crippen LogP contribution in [0.2, 0.25) is 0 Å². The van der Waals surface area contributed by atoms with Crippen molar-refractivity contribution in [3.8, 4) is 0 Å². The minimum absolute atomic E-state index is 0.204. The molecule has 3 aromatic rings.